The number of hydrogen-bond acceptors (Lipinski definition) is 4. The summed E-state index contributed by atoms with van der Waals surface area (Å²) in [6, 6.07) is 5.62. The predicted molar refractivity (Wildman–Crippen MR) is 79.9 cm³/mol. The molecule has 0 bridgehead atoms. The van der Waals surface area contributed by atoms with E-state index in [4.69, 9.17) is 0 Å². The van der Waals surface area contributed by atoms with Crippen molar-refractivity contribution in [1.82, 2.24) is 4.98 Å². The number of hydrogen-bond donors (Lipinski definition) is 2. The van der Waals surface area contributed by atoms with Crippen molar-refractivity contribution in [1.29, 1.82) is 0 Å². The minimum absolute atomic E-state index is 0.0497. The molecule has 3 rings (SSSR count). The molecule has 0 spiro atoms. The summed E-state index contributed by atoms with van der Waals surface area (Å²) in [7, 11) is 0. The van der Waals surface area contributed by atoms with E-state index in [1.54, 1.807) is 6.92 Å². The Hall–Kier alpha value is -1.95. The molecule has 0 atom stereocenters. The Kier molecular flexibility index (Phi) is 3.40. The Morgan fingerprint density at radius 3 is 2.85 bits per heavy atom. The molecule has 1 aromatic carbocycles. The number of nitrogens with zero attached hydrogens (tertiary/aromatic N) is 1. The zero-order chi connectivity index (χ0) is 14.1. The number of amides is 2. The van der Waals surface area contributed by atoms with Crippen molar-refractivity contribution < 1.29 is 9.59 Å². The number of carbonyl (C=O) groups is 2. The lowest BCUT2D eigenvalue weighted by atomic mass is 10.3. The van der Waals surface area contributed by atoms with Gasteiger partial charge in [0.25, 0.3) is 0 Å². The Bertz CT molecular complexity index is 676. The van der Waals surface area contributed by atoms with Crippen LogP contribution in [0.15, 0.2) is 18.2 Å². The predicted octanol–water partition coefficient (Wildman–Crippen LogP) is 2.99. The molecule has 0 unspecified atom stereocenters. The van der Waals surface area contributed by atoms with Crippen molar-refractivity contribution >= 4 is 44.2 Å². The molecule has 1 fully saturated rings. The molecule has 2 aromatic rings. The van der Waals surface area contributed by atoms with Crippen LogP contribution in [0.4, 0.5) is 10.8 Å². The van der Waals surface area contributed by atoms with E-state index in [-0.39, 0.29) is 17.7 Å². The van der Waals surface area contributed by atoms with Crippen molar-refractivity contribution in [3.63, 3.8) is 0 Å². The van der Waals surface area contributed by atoms with Gasteiger partial charge in [0.2, 0.25) is 11.8 Å². The topological polar surface area (TPSA) is 71.1 Å². The summed E-state index contributed by atoms with van der Waals surface area (Å²) < 4.78 is 0.987. The van der Waals surface area contributed by atoms with Crippen molar-refractivity contribution in [2.24, 2.45) is 5.92 Å². The highest BCUT2D eigenvalue weighted by Crippen LogP contribution is 2.32. The number of benzene rings is 1. The highest BCUT2D eigenvalue weighted by Gasteiger charge is 2.29. The molecule has 0 saturated heterocycles. The van der Waals surface area contributed by atoms with Gasteiger partial charge in [-0.25, -0.2) is 4.98 Å². The molecule has 1 aliphatic carbocycles. The van der Waals surface area contributed by atoms with E-state index >= 15 is 0 Å². The van der Waals surface area contributed by atoms with Gasteiger partial charge in [-0.05, 0) is 31.0 Å². The first-order chi connectivity index (χ1) is 9.65. The van der Waals surface area contributed by atoms with Crippen LogP contribution in [0, 0.1) is 5.92 Å². The van der Waals surface area contributed by atoms with Crippen molar-refractivity contribution in [3.8, 4) is 0 Å². The first-order valence-corrected chi connectivity index (χ1v) is 7.48. The second kappa shape index (κ2) is 5.20. The SMILES string of the molecule is CCC(=O)Nc1nc2cc(NC(=O)C3CC3)ccc2s1. The molecular formula is C14H15N3O2S. The fraction of sp³-hybridized carbons (Fsp3) is 0.357. The summed E-state index contributed by atoms with van der Waals surface area (Å²) in [6.45, 7) is 1.80. The number of carbonyl (C=O) groups excluding carboxylic acids is 2. The molecule has 1 aliphatic rings. The van der Waals surface area contributed by atoms with E-state index in [2.05, 4.69) is 15.6 Å². The van der Waals surface area contributed by atoms with Gasteiger partial charge in [0, 0.05) is 18.0 Å². The Morgan fingerprint density at radius 1 is 1.35 bits per heavy atom. The van der Waals surface area contributed by atoms with Crippen LogP contribution in [0.1, 0.15) is 26.2 Å². The van der Waals surface area contributed by atoms with Gasteiger partial charge in [0.1, 0.15) is 0 Å². The molecule has 2 amide bonds. The van der Waals surface area contributed by atoms with Gasteiger partial charge in [0.05, 0.1) is 10.2 Å². The van der Waals surface area contributed by atoms with Crippen molar-refractivity contribution in [3.05, 3.63) is 18.2 Å². The summed E-state index contributed by atoms with van der Waals surface area (Å²) in [5, 5.41) is 6.24. The van der Waals surface area contributed by atoms with E-state index in [9.17, 15) is 9.59 Å². The number of aromatic nitrogens is 1. The third-order valence-electron chi connectivity index (χ3n) is 3.17. The van der Waals surface area contributed by atoms with Crippen molar-refractivity contribution in [2.75, 3.05) is 10.6 Å². The quantitative estimate of drug-likeness (QED) is 0.909. The lowest BCUT2D eigenvalue weighted by Crippen LogP contribution is -2.13. The van der Waals surface area contributed by atoms with Gasteiger partial charge in [0.15, 0.2) is 5.13 Å². The third-order valence-corrected chi connectivity index (χ3v) is 4.12. The minimum atomic E-state index is -0.0497. The molecule has 5 nitrogen and oxygen atoms in total. The smallest absolute Gasteiger partial charge is 0.227 e. The maximum absolute atomic E-state index is 11.7. The largest absolute Gasteiger partial charge is 0.326 e. The normalized spacial score (nSPS) is 14.2. The number of thiazole rings is 1. The first kappa shape index (κ1) is 13.1. The summed E-state index contributed by atoms with van der Waals surface area (Å²) in [5.41, 5.74) is 1.54. The van der Waals surface area contributed by atoms with E-state index in [1.165, 1.54) is 11.3 Å². The standard InChI is InChI=1S/C14H15N3O2S/c1-2-12(18)17-14-16-10-7-9(5-6-11(10)20-14)15-13(19)8-3-4-8/h5-8H,2-4H2,1H3,(H,15,19)(H,16,17,18). The second-order valence-corrected chi connectivity index (χ2v) is 5.90. The summed E-state index contributed by atoms with van der Waals surface area (Å²) in [6.07, 6.45) is 2.40. The molecule has 0 aliphatic heterocycles. The van der Waals surface area contributed by atoms with Gasteiger partial charge in [-0.15, -0.1) is 0 Å². The highest BCUT2D eigenvalue weighted by molar-refractivity contribution is 7.22. The number of nitrogens with one attached hydrogen (secondary N) is 2. The van der Waals surface area contributed by atoms with Crippen LogP contribution in [0.3, 0.4) is 0 Å². The van der Waals surface area contributed by atoms with Gasteiger partial charge in [-0.2, -0.15) is 0 Å². The van der Waals surface area contributed by atoms with E-state index in [0.717, 1.165) is 28.7 Å². The van der Waals surface area contributed by atoms with Crippen LogP contribution in [0.25, 0.3) is 10.2 Å². The zero-order valence-corrected chi connectivity index (χ0v) is 11.9. The Morgan fingerprint density at radius 2 is 2.15 bits per heavy atom. The second-order valence-electron chi connectivity index (χ2n) is 4.87. The van der Waals surface area contributed by atoms with Crippen LogP contribution >= 0.6 is 11.3 Å². The summed E-state index contributed by atoms with van der Waals surface area (Å²) in [5.74, 6) is 0.214. The monoisotopic (exact) mass is 289 g/mol. The number of rotatable bonds is 4. The highest BCUT2D eigenvalue weighted by atomic mass is 32.1. The lowest BCUT2D eigenvalue weighted by Gasteiger charge is -2.03. The minimum Gasteiger partial charge on any atom is -0.326 e. The fourth-order valence-electron chi connectivity index (χ4n) is 1.86. The fourth-order valence-corrected chi connectivity index (χ4v) is 2.72. The molecule has 2 N–H and O–H groups in total. The molecular weight excluding hydrogens is 274 g/mol. The zero-order valence-electron chi connectivity index (χ0n) is 11.1. The van der Waals surface area contributed by atoms with Gasteiger partial charge in [-0.1, -0.05) is 18.3 Å². The van der Waals surface area contributed by atoms with E-state index < -0.39 is 0 Å². The maximum atomic E-state index is 11.7. The number of anilines is 2. The van der Waals surface area contributed by atoms with Crippen LogP contribution in [-0.2, 0) is 9.59 Å². The van der Waals surface area contributed by atoms with Gasteiger partial charge >= 0.3 is 0 Å². The first-order valence-electron chi connectivity index (χ1n) is 6.67. The molecule has 1 saturated carbocycles. The molecule has 6 heteroatoms. The number of fused-ring (bicyclic) bond motifs is 1. The summed E-state index contributed by atoms with van der Waals surface area (Å²) in [4.78, 5) is 27.4. The molecule has 104 valence electrons. The maximum Gasteiger partial charge on any atom is 0.227 e. The molecule has 0 radical (unpaired) electrons. The molecule has 1 aromatic heterocycles. The van der Waals surface area contributed by atoms with Crippen LogP contribution in [0.5, 0.6) is 0 Å². The molecule has 1 heterocycles. The molecule has 20 heavy (non-hydrogen) atoms. The van der Waals surface area contributed by atoms with Gasteiger partial charge in [-0.3, -0.25) is 9.59 Å². The van der Waals surface area contributed by atoms with Crippen LogP contribution < -0.4 is 10.6 Å². The van der Waals surface area contributed by atoms with Crippen LogP contribution in [0.2, 0.25) is 0 Å². The lowest BCUT2D eigenvalue weighted by molar-refractivity contribution is -0.117. The van der Waals surface area contributed by atoms with E-state index in [1.807, 2.05) is 18.2 Å². The average Bonchev–Trinajstić information content (AvgIpc) is 3.20. The average molecular weight is 289 g/mol. The Balaban J connectivity index is 1.79. The summed E-state index contributed by atoms with van der Waals surface area (Å²) >= 11 is 1.43. The Labute approximate surface area is 120 Å². The van der Waals surface area contributed by atoms with E-state index in [0.29, 0.717) is 11.6 Å². The third kappa shape index (κ3) is 2.80. The van der Waals surface area contributed by atoms with Gasteiger partial charge < -0.3 is 10.6 Å². The van der Waals surface area contributed by atoms with Crippen LogP contribution in [-0.4, -0.2) is 16.8 Å². The van der Waals surface area contributed by atoms with Crippen molar-refractivity contribution in [2.45, 2.75) is 26.2 Å².